The molecule has 1 N–H and O–H groups in total. The summed E-state index contributed by atoms with van der Waals surface area (Å²) in [4.78, 5) is 15.3. The van der Waals surface area contributed by atoms with E-state index in [1.807, 2.05) is 31.2 Å². The van der Waals surface area contributed by atoms with Crippen molar-refractivity contribution in [1.29, 1.82) is 0 Å². The molecule has 0 aliphatic heterocycles. The van der Waals surface area contributed by atoms with Gasteiger partial charge in [-0.15, -0.1) is 0 Å². The van der Waals surface area contributed by atoms with Crippen LogP contribution in [0.3, 0.4) is 0 Å². The Hall–Kier alpha value is -2.43. The zero-order valence-electron chi connectivity index (χ0n) is 11.1. The van der Waals surface area contributed by atoms with Gasteiger partial charge in [0.05, 0.1) is 6.61 Å². The molecular weight excluding hydrogens is 259 g/mol. The Morgan fingerprint density at radius 1 is 1.30 bits per heavy atom. The van der Waals surface area contributed by atoms with E-state index in [9.17, 15) is 9.18 Å². The number of benzene rings is 1. The summed E-state index contributed by atoms with van der Waals surface area (Å²) in [6.07, 6.45) is 0. The van der Waals surface area contributed by atoms with E-state index in [1.165, 1.54) is 18.2 Å². The second kappa shape index (κ2) is 6.65. The highest BCUT2D eigenvalue weighted by molar-refractivity contribution is 5.92. The molecule has 0 atom stereocenters. The molecule has 104 valence electrons. The third-order valence-electron chi connectivity index (χ3n) is 2.61. The molecule has 1 aromatic heterocycles. The summed E-state index contributed by atoms with van der Waals surface area (Å²) in [5.74, 6) is -0.328. The van der Waals surface area contributed by atoms with Crippen molar-refractivity contribution >= 4 is 5.91 Å². The Kier molecular flexibility index (Phi) is 4.65. The summed E-state index contributed by atoms with van der Waals surface area (Å²) < 4.78 is 18.3. The molecule has 4 nitrogen and oxygen atoms in total. The third-order valence-corrected chi connectivity index (χ3v) is 2.61. The largest absolute Gasteiger partial charge is 0.494 e. The maximum atomic E-state index is 12.9. The molecule has 0 saturated heterocycles. The van der Waals surface area contributed by atoms with E-state index in [4.69, 9.17) is 4.74 Å². The fourth-order valence-corrected chi connectivity index (χ4v) is 1.72. The van der Waals surface area contributed by atoms with Crippen molar-refractivity contribution in [3.63, 3.8) is 0 Å². The second-order valence-electron chi connectivity index (χ2n) is 4.11. The normalized spacial score (nSPS) is 10.1. The minimum absolute atomic E-state index is 0.0611. The number of nitrogens with one attached hydrogen (secondary N) is 1. The molecule has 0 radical (unpaired) electrons. The summed E-state index contributed by atoms with van der Waals surface area (Å²) in [5, 5.41) is 2.69. The molecule has 0 bridgehead atoms. The molecule has 2 aromatic rings. The van der Waals surface area contributed by atoms with Crippen molar-refractivity contribution in [1.82, 2.24) is 10.3 Å². The van der Waals surface area contributed by atoms with Crippen molar-refractivity contribution in [2.45, 2.75) is 13.5 Å². The van der Waals surface area contributed by atoms with Gasteiger partial charge in [0.2, 0.25) is 5.95 Å². The number of pyridine rings is 1. The lowest BCUT2D eigenvalue weighted by molar-refractivity contribution is 0.0944. The van der Waals surface area contributed by atoms with E-state index in [-0.39, 0.29) is 5.69 Å². The summed E-state index contributed by atoms with van der Waals surface area (Å²) >= 11 is 0. The number of amides is 1. The minimum atomic E-state index is -0.670. The second-order valence-corrected chi connectivity index (χ2v) is 4.11. The third kappa shape index (κ3) is 3.78. The number of rotatable bonds is 5. The van der Waals surface area contributed by atoms with Crippen molar-refractivity contribution in [3.8, 4) is 5.75 Å². The van der Waals surface area contributed by atoms with Gasteiger partial charge in [0.25, 0.3) is 5.91 Å². The predicted octanol–water partition coefficient (Wildman–Crippen LogP) is 2.55. The van der Waals surface area contributed by atoms with Gasteiger partial charge in [-0.2, -0.15) is 4.39 Å². The molecule has 20 heavy (non-hydrogen) atoms. The number of carbonyl (C=O) groups is 1. The first-order valence-electron chi connectivity index (χ1n) is 6.31. The van der Waals surface area contributed by atoms with E-state index in [0.29, 0.717) is 13.2 Å². The molecule has 0 fully saturated rings. The highest BCUT2D eigenvalue weighted by Gasteiger charge is 2.07. The Morgan fingerprint density at radius 2 is 2.10 bits per heavy atom. The standard InChI is InChI=1S/C15H15FN2O2/c1-2-20-12-6-3-5-11(9-12)10-17-15(19)13-7-4-8-14(16)18-13/h3-9H,2,10H2,1H3,(H,17,19). The number of ether oxygens (including phenoxy) is 1. The molecular formula is C15H15FN2O2. The number of nitrogens with zero attached hydrogens (tertiary/aromatic N) is 1. The zero-order valence-corrected chi connectivity index (χ0v) is 11.1. The van der Waals surface area contributed by atoms with Gasteiger partial charge in [-0.1, -0.05) is 18.2 Å². The Labute approximate surface area is 116 Å². The number of aromatic nitrogens is 1. The molecule has 0 saturated carbocycles. The van der Waals surface area contributed by atoms with Crippen LogP contribution in [0, 0.1) is 5.95 Å². The van der Waals surface area contributed by atoms with Gasteiger partial charge in [0.15, 0.2) is 0 Å². The summed E-state index contributed by atoms with van der Waals surface area (Å²) in [6.45, 7) is 2.82. The smallest absolute Gasteiger partial charge is 0.270 e. The lowest BCUT2D eigenvalue weighted by Gasteiger charge is -2.07. The van der Waals surface area contributed by atoms with Gasteiger partial charge >= 0.3 is 0 Å². The molecule has 0 aliphatic carbocycles. The van der Waals surface area contributed by atoms with Crippen LogP contribution in [0.4, 0.5) is 4.39 Å². The molecule has 0 aliphatic rings. The fraction of sp³-hybridized carbons (Fsp3) is 0.200. The van der Waals surface area contributed by atoms with Crippen molar-refractivity contribution < 1.29 is 13.9 Å². The molecule has 0 spiro atoms. The summed E-state index contributed by atoms with van der Waals surface area (Å²) in [5.41, 5.74) is 0.965. The van der Waals surface area contributed by atoms with Gasteiger partial charge in [-0.25, -0.2) is 4.98 Å². The Balaban J connectivity index is 1.98. The van der Waals surface area contributed by atoms with Crippen LogP contribution in [0.5, 0.6) is 5.75 Å². The minimum Gasteiger partial charge on any atom is -0.494 e. The molecule has 0 unspecified atom stereocenters. The SMILES string of the molecule is CCOc1cccc(CNC(=O)c2cccc(F)n2)c1. The van der Waals surface area contributed by atoms with Gasteiger partial charge in [-0.3, -0.25) is 4.79 Å². The highest BCUT2D eigenvalue weighted by atomic mass is 19.1. The monoisotopic (exact) mass is 274 g/mol. The summed E-state index contributed by atoms with van der Waals surface area (Å²) in [6, 6.07) is 11.5. The van der Waals surface area contributed by atoms with Crippen molar-refractivity contribution in [2.24, 2.45) is 0 Å². The van der Waals surface area contributed by atoms with Crippen LogP contribution in [-0.4, -0.2) is 17.5 Å². The Bertz CT molecular complexity index is 602. The van der Waals surface area contributed by atoms with Crippen LogP contribution < -0.4 is 10.1 Å². The van der Waals surface area contributed by atoms with E-state index < -0.39 is 11.9 Å². The molecule has 5 heteroatoms. The lowest BCUT2D eigenvalue weighted by Crippen LogP contribution is -2.24. The van der Waals surface area contributed by atoms with Crippen LogP contribution in [0.2, 0.25) is 0 Å². The predicted molar refractivity (Wildman–Crippen MR) is 73.0 cm³/mol. The average Bonchev–Trinajstić information content (AvgIpc) is 2.45. The molecule has 1 amide bonds. The van der Waals surface area contributed by atoms with E-state index in [0.717, 1.165) is 11.3 Å². The van der Waals surface area contributed by atoms with Gasteiger partial charge in [0.1, 0.15) is 11.4 Å². The fourth-order valence-electron chi connectivity index (χ4n) is 1.72. The average molecular weight is 274 g/mol. The first-order valence-corrected chi connectivity index (χ1v) is 6.31. The van der Waals surface area contributed by atoms with Crippen LogP contribution in [0.1, 0.15) is 23.0 Å². The molecule has 2 rings (SSSR count). The van der Waals surface area contributed by atoms with Crippen LogP contribution in [-0.2, 0) is 6.54 Å². The number of hydrogen-bond donors (Lipinski definition) is 1. The first kappa shape index (κ1) is 14.0. The highest BCUT2D eigenvalue weighted by Crippen LogP contribution is 2.13. The zero-order chi connectivity index (χ0) is 14.4. The van der Waals surface area contributed by atoms with E-state index in [2.05, 4.69) is 10.3 Å². The van der Waals surface area contributed by atoms with Gasteiger partial charge < -0.3 is 10.1 Å². The maximum absolute atomic E-state index is 12.9. The maximum Gasteiger partial charge on any atom is 0.270 e. The van der Waals surface area contributed by atoms with Crippen molar-refractivity contribution in [2.75, 3.05) is 6.61 Å². The first-order chi connectivity index (χ1) is 9.69. The number of hydrogen-bond acceptors (Lipinski definition) is 3. The van der Waals surface area contributed by atoms with Gasteiger partial charge in [0, 0.05) is 6.54 Å². The van der Waals surface area contributed by atoms with Crippen LogP contribution in [0.15, 0.2) is 42.5 Å². The molecule has 1 aromatic carbocycles. The van der Waals surface area contributed by atoms with E-state index >= 15 is 0 Å². The Morgan fingerprint density at radius 3 is 2.85 bits per heavy atom. The topological polar surface area (TPSA) is 51.2 Å². The summed E-state index contributed by atoms with van der Waals surface area (Å²) in [7, 11) is 0. The number of carbonyl (C=O) groups excluding carboxylic acids is 1. The van der Waals surface area contributed by atoms with E-state index in [1.54, 1.807) is 0 Å². The van der Waals surface area contributed by atoms with Gasteiger partial charge in [-0.05, 0) is 36.8 Å². The van der Waals surface area contributed by atoms with Crippen molar-refractivity contribution in [3.05, 3.63) is 59.7 Å². The molecule has 1 heterocycles. The van der Waals surface area contributed by atoms with Crippen LogP contribution in [0.25, 0.3) is 0 Å². The quantitative estimate of drug-likeness (QED) is 0.852. The number of halogens is 1. The lowest BCUT2D eigenvalue weighted by atomic mass is 10.2. The van der Waals surface area contributed by atoms with Crippen LogP contribution >= 0.6 is 0 Å².